The third-order valence-corrected chi connectivity index (χ3v) is 4.58. The Morgan fingerprint density at radius 2 is 0.826 bits per heavy atom. The summed E-state index contributed by atoms with van der Waals surface area (Å²) in [5.74, 6) is 0. The fourth-order valence-corrected chi connectivity index (χ4v) is 3.01. The monoisotopic (exact) mass is 322 g/mol. The van der Waals surface area contributed by atoms with Crippen LogP contribution in [0.15, 0.2) is 12.2 Å². The summed E-state index contributed by atoms with van der Waals surface area (Å²) in [4.78, 5) is 10.2. The molecule has 0 rings (SSSR count). The van der Waals surface area contributed by atoms with Crippen molar-refractivity contribution in [2.24, 2.45) is 0 Å². The van der Waals surface area contributed by atoms with Crippen molar-refractivity contribution in [3.05, 3.63) is 12.2 Å². The van der Waals surface area contributed by atoms with E-state index < -0.39 is 0 Å². The van der Waals surface area contributed by atoms with E-state index in [2.05, 4.69) is 19.1 Å². The summed E-state index contributed by atoms with van der Waals surface area (Å²) < 4.78 is 0. The molecule has 0 saturated carbocycles. The van der Waals surface area contributed by atoms with Gasteiger partial charge < -0.3 is 4.79 Å². The van der Waals surface area contributed by atoms with Crippen LogP contribution in [0.25, 0.3) is 0 Å². The first-order valence-corrected chi connectivity index (χ1v) is 10.5. The van der Waals surface area contributed by atoms with Gasteiger partial charge in [-0.25, -0.2) is 0 Å². The normalized spacial score (nSPS) is 11.3. The highest BCUT2D eigenvalue weighted by Gasteiger charge is 1.92. The van der Waals surface area contributed by atoms with E-state index in [1.807, 2.05) is 0 Å². The molecule has 0 spiro atoms. The molecule has 0 aromatic carbocycles. The summed E-state index contributed by atoms with van der Waals surface area (Å²) in [6.07, 6.45) is 29.5. The van der Waals surface area contributed by atoms with Gasteiger partial charge in [0.1, 0.15) is 6.29 Å². The first kappa shape index (κ1) is 22.4. The standard InChI is InChI=1S/C22H42O/c1-2-3-4-5-6-7-8-9-10-11-12-13-14-15-16-17-18-19-20-21-22-23/h9-10,22H,2-8,11-21H2,1H3/b10-9-. The van der Waals surface area contributed by atoms with Gasteiger partial charge in [-0.3, -0.25) is 0 Å². The van der Waals surface area contributed by atoms with Crippen LogP contribution in [-0.2, 0) is 4.79 Å². The molecule has 0 amide bonds. The van der Waals surface area contributed by atoms with Gasteiger partial charge in [-0.05, 0) is 32.1 Å². The van der Waals surface area contributed by atoms with Crippen LogP contribution >= 0.6 is 0 Å². The Morgan fingerprint density at radius 1 is 0.478 bits per heavy atom. The summed E-state index contributed by atoms with van der Waals surface area (Å²) in [6.45, 7) is 2.28. The van der Waals surface area contributed by atoms with Gasteiger partial charge in [0, 0.05) is 6.42 Å². The highest BCUT2D eigenvalue weighted by molar-refractivity contribution is 5.48. The minimum atomic E-state index is 0.756. The van der Waals surface area contributed by atoms with Crippen LogP contribution in [0, 0.1) is 0 Å². The lowest BCUT2D eigenvalue weighted by Crippen LogP contribution is -1.82. The maximum absolute atomic E-state index is 10.2. The number of carbonyl (C=O) groups is 1. The lowest BCUT2D eigenvalue weighted by molar-refractivity contribution is -0.107. The van der Waals surface area contributed by atoms with Gasteiger partial charge in [-0.2, -0.15) is 0 Å². The Hall–Kier alpha value is -0.590. The van der Waals surface area contributed by atoms with E-state index in [1.165, 1.54) is 103 Å². The van der Waals surface area contributed by atoms with Gasteiger partial charge in [0.2, 0.25) is 0 Å². The molecule has 0 radical (unpaired) electrons. The largest absolute Gasteiger partial charge is 0.303 e. The van der Waals surface area contributed by atoms with Crippen LogP contribution in [0.5, 0.6) is 0 Å². The molecule has 0 aliphatic heterocycles. The quantitative estimate of drug-likeness (QED) is 0.135. The molecule has 0 unspecified atom stereocenters. The van der Waals surface area contributed by atoms with E-state index in [1.54, 1.807) is 0 Å². The Balaban J connectivity index is 3.03. The average molecular weight is 323 g/mol. The zero-order chi connectivity index (χ0) is 16.8. The van der Waals surface area contributed by atoms with Gasteiger partial charge in [-0.15, -0.1) is 0 Å². The summed E-state index contributed by atoms with van der Waals surface area (Å²) in [6, 6.07) is 0. The highest BCUT2D eigenvalue weighted by Crippen LogP contribution is 2.12. The number of allylic oxidation sites excluding steroid dienone is 2. The van der Waals surface area contributed by atoms with E-state index in [0.717, 1.165) is 19.1 Å². The van der Waals surface area contributed by atoms with Gasteiger partial charge in [0.15, 0.2) is 0 Å². The first-order valence-electron chi connectivity index (χ1n) is 10.5. The second kappa shape index (κ2) is 21.4. The van der Waals surface area contributed by atoms with E-state index in [-0.39, 0.29) is 0 Å². The van der Waals surface area contributed by atoms with Crippen molar-refractivity contribution in [2.75, 3.05) is 0 Å². The number of hydrogen-bond acceptors (Lipinski definition) is 1. The maximum atomic E-state index is 10.2. The lowest BCUT2D eigenvalue weighted by Gasteiger charge is -2.01. The second-order valence-electron chi connectivity index (χ2n) is 6.95. The molecule has 0 atom stereocenters. The summed E-state index contributed by atoms with van der Waals surface area (Å²) in [5, 5.41) is 0. The smallest absolute Gasteiger partial charge is 0.119 e. The molecule has 0 aliphatic carbocycles. The fraction of sp³-hybridized carbons (Fsp3) is 0.864. The topological polar surface area (TPSA) is 17.1 Å². The van der Waals surface area contributed by atoms with Gasteiger partial charge in [0.05, 0.1) is 0 Å². The molecular formula is C22H42O. The van der Waals surface area contributed by atoms with Crippen molar-refractivity contribution >= 4 is 6.29 Å². The van der Waals surface area contributed by atoms with Gasteiger partial charge in [0.25, 0.3) is 0 Å². The number of aldehydes is 1. The summed E-state index contributed by atoms with van der Waals surface area (Å²) in [7, 11) is 0. The minimum absolute atomic E-state index is 0.756. The zero-order valence-electron chi connectivity index (χ0n) is 15.9. The molecule has 0 bridgehead atoms. The Morgan fingerprint density at radius 3 is 1.22 bits per heavy atom. The van der Waals surface area contributed by atoms with Crippen LogP contribution in [0.2, 0.25) is 0 Å². The van der Waals surface area contributed by atoms with Crippen LogP contribution in [0.4, 0.5) is 0 Å². The average Bonchev–Trinajstić information content (AvgIpc) is 2.57. The number of carbonyl (C=O) groups excluding carboxylic acids is 1. The summed E-state index contributed by atoms with van der Waals surface area (Å²) in [5.41, 5.74) is 0. The molecular weight excluding hydrogens is 280 g/mol. The van der Waals surface area contributed by atoms with Gasteiger partial charge in [-0.1, -0.05) is 96.1 Å². The van der Waals surface area contributed by atoms with E-state index in [9.17, 15) is 4.79 Å². The second-order valence-corrected chi connectivity index (χ2v) is 6.95. The van der Waals surface area contributed by atoms with Crippen molar-refractivity contribution in [1.29, 1.82) is 0 Å². The molecule has 0 aromatic rings. The molecule has 0 heterocycles. The molecule has 0 fully saturated rings. The molecule has 0 N–H and O–H groups in total. The molecule has 1 heteroatoms. The van der Waals surface area contributed by atoms with E-state index in [4.69, 9.17) is 0 Å². The summed E-state index contributed by atoms with van der Waals surface area (Å²) >= 11 is 0. The van der Waals surface area contributed by atoms with Crippen molar-refractivity contribution in [2.45, 2.75) is 122 Å². The van der Waals surface area contributed by atoms with Gasteiger partial charge >= 0.3 is 0 Å². The van der Waals surface area contributed by atoms with Crippen molar-refractivity contribution < 1.29 is 4.79 Å². The molecule has 136 valence electrons. The number of unbranched alkanes of at least 4 members (excludes halogenated alkanes) is 16. The van der Waals surface area contributed by atoms with Crippen LogP contribution in [0.3, 0.4) is 0 Å². The molecule has 23 heavy (non-hydrogen) atoms. The molecule has 0 aliphatic rings. The van der Waals surface area contributed by atoms with Crippen LogP contribution < -0.4 is 0 Å². The molecule has 0 saturated heterocycles. The van der Waals surface area contributed by atoms with Crippen molar-refractivity contribution in [1.82, 2.24) is 0 Å². The minimum Gasteiger partial charge on any atom is -0.303 e. The lowest BCUT2D eigenvalue weighted by atomic mass is 10.1. The Kier molecular flexibility index (Phi) is 20.9. The van der Waals surface area contributed by atoms with Crippen molar-refractivity contribution in [3.63, 3.8) is 0 Å². The maximum Gasteiger partial charge on any atom is 0.119 e. The predicted molar refractivity (Wildman–Crippen MR) is 104 cm³/mol. The van der Waals surface area contributed by atoms with Crippen LogP contribution in [-0.4, -0.2) is 6.29 Å². The molecule has 1 nitrogen and oxygen atoms in total. The van der Waals surface area contributed by atoms with Crippen molar-refractivity contribution in [3.8, 4) is 0 Å². The first-order chi connectivity index (χ1) is 11.4. The van der Waals surface area contributed by atoms with E-state index in [0.29, 0.717) is 0 Å². The zero-order valence-corrected chi connectivity index (χ0v) is 15.9. The van der Waals surface area contributed by atoms with Crippen LogP contribution in [0.1, 0.15) is 122 Å². The van der Waals surface area contributed by atoms with E-state index >= 15 is 0 Å². The predicted octanol–water partition coefficient (Wildman–Crippen LogP) is 7.78. The molecule has 0 aromatic heterocycles. The highest BCUT2D eigenvalue weighted by atomic mass is 16.1. The Bertz CT molecular complexity index is 244. The third kappa shape index (κ3) is 21.4. The Labute approximate surface area is 146 Å². The fourth-order valence-electron chi connectivity index (χ4n) is 3.01. The third-order valence-electron chi connectivity index (χ3n) is 4.58. The number of rotatable bonds is 19. The number of hydrogen-bond donors (Lipinski definition) is 0. The SMILES string of the molecule is CCCCCCCC/C=C\CCCCCCCCCCCC=O.